The van der Waals surface area contributed by atoms with E-state index in [4.69, 9.17) is 0 Å². The van der Waals surface area contributed by atoms with Crippen molar-refractivity contribution in [1.82, 2.24) is 4.90 Å². The van der Waals surface area contributed by atoms with Crippen LogP contribution in [0.3, 0.4) is 0 Å². The average molecular weight is 350 g/mol. The van der Waals surface area contributed by atoms with Gasteiger partial charge in [-0.2, -0.15) is 0 Å². The maximum atomic E-state index is 12.1. The first kappa shape index (κ1) is 18.8. The van der Waals surface area contributed by atoms with Crippen molar-refractivity contribution < 1.29 is 9.35 Å². The van der Waals surface area contributed by atoms with E-state index >= 15 is 0 Å². The zero-order valence-corrected chi connectivity index (χ0v) is 16.0. The van der Waals surface area contributed by atoms with Gasteiger partial charge in [0.1, 0.15) is 16.1 Å². The van der Waals surface area contributed by atoms with Gasteiger partial charge in [-0.1, -0.05) is 16.5 Å². The van der Waals surface area contributed by atoms with Crippen molar-refractivity contribution in [2.24, 2.45) is 4.40 Å². The molecule has 1 aromatic carbocycles. The highest BCUT2D eigenvalue weighted by molar-refractivity contribution is 7.91. The van der Waals surface area contributed by atoms with Crippen LogP contribution in [-0.4, -0.2) is 52.0 Å². The lowest BCUT2D eigenvalue weighted by molar-refractivity contribution is -0.129. The Morgan fingerprint density at radius 2 is 1.62 bits per heavy atom. The number of nitrogens with zero attached hydrogens (tertiary/aromatic N) is 3. The van der Waals surface area contributed by atoms with Crippen molar-refractivity contribution in [3.05, 3.63) is 29.8 Å². The smallest absolute Gasteiger partial charge is 0.219 e. The van der Waals surface area contributed by atoms with E-state index in [1.165, 1.54) is 0 Å². The molecule has 1 fully saturated rings. The van der Waals surface area contributed by atoms with Crippen LogP contribution in [0.4, 0.5) is 5.69 Å². The minimum Gasteiger partial charge on any atom is -0.591 e. The van der Waals surface area contributed by atoms with E-state index < -0.39 is 11.4 Å². The topological polar surface area (TPSA) is 59.0 Å². The maximum absolute atomic E-state index is 12.1. The Kier molecular flexibility index (Phi) is 5.93. The molecule has 1 saturated heterocycles. The molecule has 1 aromatic rings. The lowest BCUT2D eigenvalue weighted by Crippen LogP contribution is -2.48. The number of hydrogen-bond acceptors (Lipinski definition) is 4. The van der Waals surface area contributed by atoms with Gasteiger partial charge in [0.25, 0.3) is 0 Å². The number of piperazine rings is 1. The predicted molar refractivity (Wildman–Crippen MR) is 101 cm³/mol. The molecule has 2 rings (SSSR count). The van der Waals surface area contributed by atoms with E-state index in [0.29, 0.717) is 0 Å². The average Bonchev–Trinajstić information content (AvgIpc) is 2.54. The summed E-state index contributed by atoms with van der Waals surface area (Å²) in [6.07, 6.45) is 0. The molecule has 0 aliphatic carbocycles. The largest absolute Gasteiger partial charge is 0.591 e. The summed E-state index contributed by atoms with van der Waals surface area (Å²) in [5.74, 6) is 0.142. The Bertz CT molecular complexity index is 600. The molecule has 1 heterocycles. The number of anilines is 1. The Hall–Kier alpha value is -1.53. The lowest BCUT2D eigenvalue weighted by atomic mass is 10.1. The fourth-order valence-corrected chi connectivity index (χ4v) is 3.14. The SMILES string of the molecule is CC(=O)N1CCN(c2ccc(C(C)=N[S+]([O-])C(C)(C)C)cc2)CC1. The van der Waals surface area contributed by atoms with Gasteiger partial charge in [0.05, 0.1) is 5.71 Å². The van der Waals surface area contributed by atoms with Crippen molar-refractivity contribution >= 4 is 28.7 Å². The zero-order valence-electron chi connectivity index (χ0n) is 15.2. The van der Waals surface area contributed by atoms with Crippen LogP contribution in [0.25, 0.3) is 0 Å². The van der Waals surface area contributed by atoms with E-state index in [9.17, 15) is 9.35 Å². The number of carbonyl (C=O) groups is 1. The summed E-state index contributed by atoms with van der Waals surface area (Å²) in [5.41, 5.74) is 2.92. The third kappa shape index (κ3) is 4.74. The van der Waals surface area contributed by atoms with Crippen molar-refractivity contribution in [3.63, 3.8) is 0 Å². The minimum atomic E-state index is -1.25. The van der Waals surface area contributed by atoms with Crippen LogP contribution >= 0.6 is 0 Å². The van der Waals surface area contributed by atoms with Gasteiger partial charge in [-0.15, -0.1) is 0 Å². The summed E-state index contributed by atoms with van der Waals surface area (Å²) in [5, 5.41) is 0. The van der Waals surface area contributed by atoms with Gasteiger partial charge in [-0.25, -0.2) is 0 Å². The number of amides is 1. The molecule has 1 aliphatic rings. The standard InChI is InChI=1S/C18H27N3O2S/c1-14(19-24(23)18(3,4)5)16-6-8-17(9-7-16)21-12-10-20(11-13-21)15(2)22/h6-9H,10-13H2,1-5H3. The van der Waals surface area contributed by atoms with Gasteiger partial charge >= 0.3 is 0 Å². The first-order chi connectivity index (χ1) is 11.2. The summed E-state index contributed by atoms with van der Waals surface area (Å²) >= 11 is -1.25. The third-order valence-corrected chi connectivity index (χ3v) is 5.61. The molecule has 1 unspecified atom stereocenters. The molecular weight excluding hydrogens is 322 g/mol. The molecule has 0 saturated carbocycles. The van der Waals surface area contributed by atoms with Crippen molar-refractivity contribution in [3.8, 4) is 0 Å². The normalized spacial score (nSPS) is 17.8. The lowest BCUT2D eigenvalue weighted by Gasteiger charge is -2.35. The molecule has 1 amide bonds. The van der Waals surface area contributed by atoms with Gasteiger partial charge in [0, 0.05) is 44.4 Å². The fourth-order valence-electron chi connectivity index (χ4n) is 2.51. The predicted octanol–water partition coefficient (Wildman–Crippen LogP) is 2.63. The number of rotatable bonds is 3. The molecule has 5 nitrogen and oxygen atoms in total. The van der Waals surface area contributed by atoms with E-state index in [-0.39, 0.29) is 10.7 Å². The fraction of sp³-hybridized carbons (Fsp3) is 0.556. The molecule has 0 aromatic heterocycles. The van der Waals surface area contributed by atoms with Gasteiger partial charge in [-0.3, -0.25) is 4.79 Å². The van der Waals surface area contributed by atoms with Crippen molar-refractivity contribution in [2.75, 3.05) is 31.1 Å². The molecule has 0 bridgehead atoms. The summed E-state index contributed by atoms with van der Waals surface area (Å²) < 4.78 is 16.1. The minimum absolute atomic E-state index is 0.142. The van der Waals surface area contributed by atoms with Crippen LogP contribution in [0, 0.1) is 0 Å². The highest BCUT2D eigenvalue weighted by atomic mass is 32.2. The summed E-state index contributed by atoms with van der Waals surface area (Å²) in [4.78, 5) is 15.5. The molecule has 6 heteroatoms. The van der Waals surface area contributed by atoms with Crippen LogP contribution in [0.1, 0.15) is 40.2 Å². The molecule has 1 aliphatic heterocycles. The van der Waals surface area contributed by atoms with E-state index in [1.807, 2.05) is 44.7 Å². The molecule has 0 radical (unpaired) electrons. The Morgan fingerprint density at radius 3 is 2.08 bits per heavy atom. The second kappa shape index (κ2) is 7.57. The monoisotopic (exact) mass is 349 g/mol. The highest BCUT2D eigenvalue weighted by Gasteiger charge is 2.26. The van der Waals surface area contributed by atoms with E-state index in [0.717, 1.165) is 43.1 Å². The van der Waals surface area contributed by atoms with Crippen LogP contribution < -0.4 is 4.90 Å². The van der Waals surface area contributed by atoms with Crippen molar-refractivity contribution in [2.45, 2.75) is 39.4 Å². The van der Waals surface area contributed by atoms with Gasteiger partial charge in [-0.05, 0) is 39.8 Å². The summed E-state index contributed by atoms with van der Waals surface area (Å²) in [6.45, 7) is 12.5. The van der Waals surface area contributed by atoms with Crippen LogP contribution in [0.5, 0.6) is 0 Å². The first-order valence-electron chi connectivity index (χ1n) is 8.26. The van der Waals surface area contributed by atoms with Gasteiger partial charge in [0.2, 0.25) is 5.91 Å². The van der Waals surface area contributed by atoms with Gasteiger partial charge < -0.3 is 14.4 Å². The molecule has 24 heavy (non-hydrogen) atoms. The van der Waals surface area contributed by atoms with Crippen LogP contribution in [0.2, 0.25) is 0 Å². The number of hydrogen-bond donors (Lipinski definition) is 0. The Morgan fingerprint density at radius 1 is 1.08 bits per heavy atom. The van der Waals surface area contributed by atoms with E-state index in [2.05, 4.69) is 21.4 Å². The third-order valence-electron chi connectivity index (χ3n) is 4.12. The zero-order chi connectivity index (χ0) is 17.9. The maximum Gasteiger partial charge on any atom is 0.219 e. The van der Waals surface area contributed by atoms with Crippen LogP contribution in [0.15, 0.2) is 28.7 Å². The van der Waals surface area contributed by atoms with Crippen molar-refractivity contribution in [1.29, 1.82) is 0 Å². The number of carbonyl (C=O) groups excluding carboxylic acids is 1. The second-order valence-electron chi connectivity index (χ2n) is 7.08. The van der Waals surface area contributed by atoms with Gasteiger partial charge in [0.15, 0.2) is 0 Å². The summed E-state index contributed by atoms with van der Waals surface area (Å²) in [7, 11) is 0. The second-order valence-corrected chi connectivity index (χ2v) is 8.98. The van der Waals surface area contributed by atoms with E-state index in [1.54, 1.807) is 6.92 Å². The Balaban J connectivity index is 2.03. The Labute approximate surface area is 148 Å². The summed E-state index contributed by atoms with van der Waals surface area (Å²) in [6, 6.07) is 8.17. The van der Waals surface area contributed by atoms with Crippen LogP contribution in [-0.2, 0) is 16.2 Å². The molecule has 1 atom stereocenters. The number of benzene rings is 1. The highest BCUT2D eigenvalue weighted by Crippen LogP contribution is 2.20. The molecule has 132 valence electrons. The molecule has 0 spiro atoms. The molecule has 0 N–H and O–H groups in total. The molecular formula is C18H27N3O2S. The first-order valence-corrected chi connectivity index (χ1v) is 9.37. The quantitative estimate of drug-likeness (QED) is 0.622.